The van der Waals surface area contributed by atoms with E-state index in [1.807, 2.05) is 30.3 Å². The summed E-state index contributed by atoms with van der Waals surface area (Å²) < 4.78 is 0. The molecule has 1 aliphatic rings. The van der Waals surface area contributed by atoms with E-state index in [9.17, 15) is 9.59 Å². The fraction of sp³-hybridized carbons (Fsp3) is 0.286. The van der Waals surface area contributed by atoms with Crippen LogP contribution >= 0.6 is 0 Å². The van der Waals surface area contributed by atoms with Crippen LogP contribution in [-0.2, 0) is 9.59 Å². The number of rotatable bonds is 3. The van der Waals surface area contributed by atoms with Gasteiger partial charge in [-0.1, -0.05) is 36.4 Å². The molecule has 2 rings (SSSR count). The van der Waals surface area contributed by atoms with E-state index in [0.717, 1.165) is 18.4 Å². The highest BCUT2D eigenvalue weighted by Crippen LogP contribution is 2.08. The van der Waals surface area contributed by atoms with Crippen LogP contribution in [0.4, 0.5) is 0 Å². The molecule has 1 heterocycles. The summed E-state index contributed by atoms with van der Waals surface area (Å²) in [6, 6.07) is 9.49. The van der Waals surface area contributed by atoms with Crippen molar-refractivity contribution in [2.24, 2.45) is 0 Å². The molecule has 3 heteroatoms. The Labute approximate surface area is 101 Å². The third-order valence-corrected chi connectivity index (χ3v) is 2.83. The maximum atomic E-state index is 11.7. The van der Waals surface area contributed by atoms with Crippen LogP contribution in [0.1, 0.15) is 18.4 Å². The largest absolute Gasteiger partial charge is 0.336 e. The molecule has 0 spiro atoms. The van der Waals surface area contributed by atoms with Crippen molar-refractivity contribution in [1.82, 2.24) is 4.90 Å². The minimum absolute atomic E-state index is 0.380. The zero-order valence-corrected chi connectivity index (χ0v) is 9.63. The number of ketones is 1. The Balaban J connectivity index is 1.97. The second kappa shape index (κ2) is 5.43. The first-order valence-corrected chi connectivity index (χ1v) is 5.84. The number of likely N-dealkylation sites (tertiary alicyclic amines) is 1. The molecule has 0 bridgehead atoms. The molecular weight excluding hydrogens is 214 g/mol. The van der Waals surface area contributed by atoms with Gasteiger partial charge in [-0.25, -0.2) is 0 Å². The SMILES string of the molecule is O=C(/C=C/c1ccccc1)C(=O)N1CCCC1. The van der Waals surface area contributed by atoms with Crippen LogP contribution in [0.3, 0.4) is 0 Å². The van der Waals surface area contributed by atoms with Gasteiger partial charge in [0.2, 0.25) is 5.78 Å². The van der Waals surface area contributed by atoms with Crippen LogP contribution in [0.5, 0.6) is 0 Å². The fourth-order valence-corrected chi connectivity index (χ4v) is 1.88. The van der Waals surface area contributed by atoms with Crippen molar-refractivity contribution in [3.05, 3.63) is 42.0 Å². The quantitative estimate of drug-likeness (QED) is 0.586. The summed E-state index contributed by atoms with van der Waals surface area (Å²) >= 11 is 0. The van der Waals surface area contributed by atoms with Crippen LogP contribution in [0.2, 0.25) is 0 Å². The second-order valence-electron chi connectivity index (χ2n) is 4.11. The summed E-state index contributed by atoms with van der Waals surface area (Å²) in [6.07, 6.45) is 5.04. The maximum absolute atomic E-state index is 11.7. The molecule has 1 fully saturated rings. The number of benzene rings is 1. The number of hydrogen-bond donors (Lipinski definition) is 0. The molecule has 1 aromatic rings. The van der Waals surface area contributed by atoms with Crippen LogP contribution < -0.4 is 0 Å². The van der Waals surface area contributed by atoms with E-state index in [1.54, 1.807) is 11.0 Å². The lowest BCUT2D eigenvalue weighted by Gasteiger charge is -2.12. The smallest absolute Gasteiger partial charge is 0.294 e. The van der Waals surface area contributed by atoms with Crippen molar-refractivity contribution >= 4 is 17.8 Å². The summed E-state index contributed by atoms with van der Waals surface area (Å²) in [7, 11) is 0. The number of nitrogens with zero attached hydrogens (tertiary/aromatic N) is 1. The Morgan fingerprint density at radius 1 is 1.06 bits per heavy atom. The van der Waals surface area contributed by atoms with Gasteiger partial charge in [-0.05, 0) is 24.5 Å². The van der Waals surface area contributed by atoms with E-state index >= 15 is 0 Å². The van der Waals surface area contributed by atoms with Crippen molar-refractivity contribution in [3.8, 4) is 0 Å². The Bertz CT molecular complexity index is 431. The third-order valence-electron chi connectivity index (χ3n) is 2.83. The van der Waals surface area contributed by atoms with Gasteiger partial charge in [0.05, 0.1) is 0 Å². The molecule has 17 heavy (non-hydrogen) atoms. The molecule has 1 aliphatic heterocycles. The Morgan fingerprint density at radius 3 is 2.35 bits per heavy atom. The predicted octanol–water partition coefficient (Wildman–Crippen LogP) is 1.89. The number of carbonyl (C=O) groups excluding carboxylic acids is 2. The molecular formula is C14H15NO2. The molecule has 0 N–H and O–H groups in total. The molecule has 3 nitrogen and oxygen atoms in total. The third kappa shape index (κ3) is 3.03. The molecule has 1 saturated heterocycles. The molecule has 1 amide bonds. The second-order valence-corrected chi connectivity index (χ2v) is 4.11. The monoisotopic (exact) mass is 229 g/mol. The van der Waals surface area contributed by atoms with Gasteiger partial charge in [-0.15, -0.1) is 0 Å². The lowest BCUT2D eigenvalue weighted by Crippen LogP contribution is -2.33. The molecule has 0 radical (unpaired) electrons. The molecule has 0 atom stereocenters. The fourth-order valence-electron chi connectivity index (χ4n) is 1.88. The minimum atomic E-state index is -0.434. The number of hydrogen-bond acceptors (Lipinski definition) is 2. The van der Waals surface area contributed by atoms with Crippen molar-refractivity contribution in [1.29, 1.82) is 0 Å². The molecule has 0 aromatic heterocycles. The molecule has 0 aliphatic carbocycles. The zero-order chi connectivity index (χ0) is 12.1. The van der Waals surface area contributed by atoms with Gasteiger partial charge in [0, 0.05) is 13.1 Å². The van der Waals surface area contributed by atoms with E-state index < -0.39 is 5.78 Å². The highest BCUT2D eigenvalue weighted by Gasteiger charge is 2.22. The van der Waals surface area contributed by atoms with Crippen LogP contribution in [0.25, 0.3) is 6.08 Å². The average molecular weight is 229 g/mol. The van der Waals surface area contributed by atoms with Crippen LogP contribution in [0.15, 0.2) is 36.4 Å². The topological polar surface area (TPSA) is 37.4 Å². The molecule has 1 aromatic carbocycles. The first-order chi connectivity index (χ1) is 8.27. The van der Waals surface area contributed by atoms with E-state index in [2.05, 4.69) is 0 Å². The first kappa shape index (κ1) is 11.6. The molecule has 0 saturated carbocycles. The molecule has 88 valence electrons. The van der Waals surface area contributed by atoms with Gasteiger partial charge in [-0.3, -0.25) is 9.59 Å². The standard InChI is InChI=1S/C14H15NO2/c16-13(14(17)15-10-4-5-11-15)9-8-12-6-2-1-3-7-12/h1-3,6-9H,4-5,10-11H2/b9-8+. The highest BCUT2D eigenvalue weighted by molar-refractivity contribution is 6.41. The lowest BCUT2D eigenvalue weighted by molar-refractivity contribution is -0.141. The highest BCUT2D eigenvalue weighted by atomic mass is 16.2. The van der Waals surface area contributed by atoms with Gasteiger partial charge in [0.25, 0.3) is 5.91 Å². The average Bonchev–Trinajstić information content (AvgIpc) is 2.90. The summed E-state index contributed by atoms with van der Waals surface area (Å²) in [5.41, 5.74) is 0.926. The van der Waals surface area contributed by atoms with Crippen molar-refractivity contribution in [2.45, 2.75) is 12.8 Å². The van der Waals surface area contributed by atoms with Gasteiger partial charge in [0.1, 0.15) is 0 Å². The summed E-state index contributed by atoms with van der Waals surface area (Å²) in [5, 5.41) is 0. The van der Waals surface area contributed by atoms with Crippen LogP contribution in [-0.4, -0.2) is 29.7 Å². The number of carbonyl (C=O) groups is 2. The zero-order valence-electron chi connectivity index (χ0n) is 9.63. The minimum Gasteiger partial charge on any atom is -0.336 e. The summed E-state index contributed by atoms with van der Waals surface area (Å²) in [6.45, 7) is 1.42. The maximum Gasteiger partial charge on any atom is 0.294 e. The van der Waals surface area contributed by atoms with Gasteiger partial charge in [0.15, 0.2) is 0 Å². The van der Waals surface area contributed by atoms with Gasteiger partial charge < -0.3 is 4.90 Å². The predicted molar refractivity (Wildman–Crippen MR) is 66.3 cm³/mol. The van der Waals surface area contributed by atoms with Crippen molar-refractivity contribution < 1.29 is 9.59 Å². The molecule has 0 unspecified atom stereocenters. The summed E-state index contributed by atoms with van der Waals surface area (Å²) in [5.74, 6) is -0.814. The summed E-state index contributed by atoms with van der Waals surface area (Å²) in [4.78, 5) is 24.9. The normalized spacial score (nSPS) is 15.4. The Morgan fingerprint density at radius 2 is 1.71 bits per heavy atom. The van der Waals surface area contributed by atoms with Crippen LogP contribution in [0, 0.1) is 0 Å². The lowest BCUT2D eigenvalue weighted by atomic mass is 10.2. The van der Waals surface area contributed by atoms with E-state index in [-0.39, 0.29) is 5.91 Å². The van der Waals surface area contributed by atoms with Gasteiger partial charge in [-0.2, -0.15) is 0 Å². The van der Waals surface area contributed by atoms with E-state index in [1.165, 1.54) is 6.08 Å². The Hall–Kier alpha value is -1.90. The Kier molecular flexibility index (Phi) is 3.70. The van der Waals surface area contributed by atoms with Gasteiger partial charge >= 0.3 is 0 Å². The first-order valence-electron chi connectivity index (χ1n) is 5.84. The van der Waals surface area contributed by atoms with Crippen molar-refractivity contribution in [2.75, 3.05) is 13.1 Å². The van der Waals surface area contributed by atoms with Crippen molar-refractivity contribution in [3.63, 3.8) is 0 Å². The number of amides is 1. The van der Waals surface area contributed by atoms with E-state index in [0.29, 0.717) is 13.1 Å². The van der Waals surface area contributed by atoms with E-state index in [4.69, 9.17) is 0 Å².